The van der Waals surface area contributed by atoms with E-state index in [1.807, 2.05) is 24.3 Å². The van der Waals surface area contributed by atoms with E-state index in [1.54, 1.807) is 0 Å². The normalized spacial score (nSPS) is 12.2. The topological polar surface area (TPSA) is 64.3 Å². The molecule has 1 rings (SSSR count). The molecule has 1 aromatic carbocycles. The molecule has 0 aromatic heterocycles. The molecule has 1 aromatic rings. The molecular formula is C17H28N2O2. The molecule has 1 atom stereocenters. The van der Waals surface area contributed by atoms with Gasteiger partial charge in [-0.2, -0.15) is 0 Å². The van der Waals surface area contributed by atoms with E-state index in [4.69, 9.17) is 10.5 Å². The van der Waals surface area contributed by atoms with Crippen LogP contribution in [0.1, 0.15) is 40.0 Å². The Balaban J connectivity index is 2.53. The molecule has 0 aliphatic rings. The van der Waals surface area contributed by atoms with E-state index in [-0.39, 0.29) is 11.8 Å². The zero-order valence-electron chi connectivity index (χ0n) is 13.4. The SMILES string of the molecule is CCCOc1cccc(NC(=O)C[C@@H](CN)CC(C)C)c1. The fraction of sp³-hybridized carbons (Fsp3) is 0.588. The van der Waals surface area contributed by atoms with Crippen molar-refractivity contribution in [3.05, 3.63) is 24.3 Å². The summed E-state index contributed by atoms with van der Waals surface area (Å²) in [7, 11) is 0. The fourth-order valence-electron chi connectivity index (χ4n) is 2.29. The molecule has 0 fully saturated rings. The van der Waals surface area contributed by atoms with E-state index in [9.17, 15) is 4.79 Å². The third-order valence-corrected chi connectivity index (χ3v) is 3.20. The zero-order valence-corrected chi connectivity index (χ0v) is 13.4. The Hall–Kier alpha value is -1.55. The van der Waals surface area contributed by atoms with Crippen LogP contribution >= 0.6 is 0 Å². The van der Waals surface area contributed by atoms with Gasteiger partial charge >= 0.3 is 0 Å². The van der Waals surface area contributed by atoms with E-state index in [1.165, 1.54) is 0 Å². The summed E-state index contributed by atoms with van der Waals surface area (Å²) in [5.41, 5.74) is 6.51. The Morgan fingerprint density at radius 1 is 1.38 bits per heavy atom. The second kappa shape index (κ2) is 9.40. The van der Waals surface area contributed by atoms with Crippen LogP contribution in [0.4, 0.5) is 5.69 Å². The number of carbonyl (C=O) groups is 1. The number of hydrogen-bond donors (Lipinski definition) is 2. The molecule has 3 N–H and O–H groups in total. The van der Waals surface area contributed by atoms with E-state index < -0.39 is 0 Å². The highest BCUT2D eigenvalue weighted by Gasteiger charge is 2.14. The summed E-state index contributed by atoms with van der Waals surface area (Å²) in [5, 5.41) is 2.92. The lowest BCUT2D eigenvalue weighted by atomic mass is 9.94. The molecule has 0 saturated heterocycles. The summed E-state index contributed by atoms with van der Waals surface area (Å²) in [5.74, 6) is 1.59. The predicted molar refractivity (Wildman–Crippen MR) is 87.5 cm³/mol. The first-order valence-corrected chi connectivity index (χ1v) is 7.77. The second-order valence-electron chi connectivity index (χ2n) is 5.86. The largest absolute Gasteiger partial charge is 0.494 e. The van der Waals surface area contributed by atoms with Crippen LogP contribution in [0, 0.1) is 11.8 Å². The molecule has 21 heavy (non-hydrogen) atoms. The van der Waals surface area contributed by atoms with Crippen molar-refractivity contribution in [2.75, 3.05) is 18.5 Å². The maximum atomic E-state index is 12.1. The molecule has 4 heteroatoms. The first kappa shape index (κ1) is 17.5. The Morgan fingerprint density at radius 2 is 2.14 bits per heavy atom. The van der Waals surface area contributed by atoms with Crippen LogP contribution in [0.15, 0.2) is 24.3 Å². The van der Waals surface area contributed by atoms with Gasteiger partial charge in [0.15, 0.2) is 0 Å². The number of rotatable bonds is 9. The highest BCUT2D eigenvalue weighted by Crippen LogP contribution is 2.19. The van der Waals surface area contributed by atoms with Gasteiger partial charge in [0.2, 0.25) is 5.91 Å². The van der Waals surface area contributed by atoms with Crippen molar-refractivity contribution in [2.45, 2.75) is 40.0 Å². The number of anilines is 1. The molecular weight excluding hydrogens is 264 g/mol. The van der Waals surface area contributed by atoms with E-state index >= 15 is 0 Å². The number of nitrogens with two attached hydrogens (primary N) is 1. The van der Waals surface area contributed by atoms with E-state index in [2.05, 4.69) is 26.1 Å². The van der Waals surface area contributed by atoms with Crippen LogP contribution in [0.25, 0.3) is 0 Å². The third kappa shape index (κ3) is 7.14. The molecule has 0 bridgehead atoms. The van der Waals surface area contributed by atoms with Crippen LogP contribution in [0.5, 0.6) is 5.75 Å². The number of hydrogen-bond acceptors (Lipinski definition) is 3. The number of ether oxygens (including phenoxy) is 1. The average Bonchev–Trinajstić information content (AvgIpc) is 2.44. The van der Waals surface area contributed by atoms with Crippen LogP contribution in [0.3, 0.4) is 0 Å². The van der Waals surface area contributed by atoms with Crippen LogP contribution in [-0.4, -0.2) is 19.1 Å². The summed E-state index contributed by atoms with van der Waals surface area (Å²) >= 11 is 0. The summed E-state index contributed by atoms with van der Waals surface area (Å²) in [6.07, 6.45) is 2.41. The lowest BCUT2D eigenvalue weighted by Crippen LogP contribution is -2.23. The van der Waals surface area contributed by atoms with Crippen molar-refractivity contribution in [1.29, 1.82) is 0 Å². The Bertz CT molecular complexity index is 433. The van der Waals surface area contributed by atoms with Gasteiger partial charge in [-0.05, 0) is 43.4 Å². The minimum absolute atomic E-state index is 0.0127. The van der Waals surface area contributed by atoms with Crippen molar-refractivity contribution < 1.29 is 9.53 Å². The van der Waals surface area contributed by atoms with Gasteiger partial charge in [0.1, 0.15) is 5.75 Å². The standard InChI is InChI=1S/C17H28N2O2/c1-4-8-21-16-7-5-6-15(11-16)19-17(20)10-14(12-18)9-13(2)3/h5-7,11,13-14H,4,8-10,12,18H2,1-3H3,(H,19,20)/t14-/m0/s1. The molecule has 0 aliphatic heterocycles. The highest BCUT2D eigenvalue weighted by atomic mass is 16.5. The van der Waals surface area contributed by atoms with Crippen molar-refractivity contribution in [3.63, 3.8) is 0 Å². The molecule has 4 nitrogen and oxygen atoms in total. The predicted octanol–water partition coefficient (Wildman–Crippen LogP) is 3.43. The summed E-state index contributed by atoms with van der Waals surface area (Å²) in [6, 6.07) is 7.51. The van der Waals surface area contributed by atoms with Crippen LogP contribution in [0.2, 0.25) is 0 Å². The van der Waals surface area contributed by atoms with Gasteiger partial charge in [-0.1, -0.05) is 26.8 Å². The van der Waals surface area contributed by atoms with Gasteiger partial charge in [-0.25, -0.2) is 0 Å². The molecule has 0 saturated carbocycles. The first-order valence-electron chi connectivity index (χ1n) is 7.77. The first-order chi connectivity index (χ1) is 10.0. The van der Waals surface area contributed by atoms with Gasteiger partial charge in [-0.15, -0.1) is 0 Å². The van der Waals surface area contributed by atoms with Gasteiger partial charge in [0, 0.05) is 18.2 Å². The lowest BCUT2D eigenvalue weighted by molar-refractivity contribution is -0.117. The van der Waals surface area contributed by atoms with Crippen molar-refractivity contribution in [3.8, 4) is 5.75 Å². The van der Waals surface area contributed by atoms with E-state index in [0.29, 0.717) is 25.5 Å². The summed E-state index contributed by atoms with van der Waals surface area (Å²) in [6.45, 7) is 7.59. The monoisotopic (exact) mass is 292 g/mol. The van der Waals surface area contributed by atoms with Gasteiger partial charge in [0.25, 0.3) is 0 Å². The molecule has 0 heterocycles. The highest BCUT2D eigenvalue weighted by molar-refractivity contribution is 5.91. The summed E-state index contributed by atoms with van der Waals surface area (Å²) in [4.78, 5) is 12.1. The van der Waals surface area contributed by atoms with Crippen molar-refractivity contribution >= 4 is 11.6 Å². The lowest BCUT2D eigenvalue weighted by Gasteiger charge is -2.16. The average molecular weight is 292 g/mol. The fourth-order valence-corrected chi connectivity index (χ4v) is 2.29. The van der Waals surface area contributed by atoms with Gasteiger partial charge in [-0.3, -0.25) is 4.79 Å². The number of carbonyl (C=O) groups excluding carboxylic acids is 1. The van der Waals surface area contributed by atoms with Gasteiger partial charge in [0.05, 0.1) is 6.61 Å². The van der Waals surface area contributed by atoms with Crippen molar-refractivity contribution in [1.82, 2.24) is 0 Å². The molecule has 0 aliphatic carbocycles. The van der Waals surface area contributed by atoms with Gasteiger partial charge < -0.3 is 15.8 Å². The minimum Gasteiger partial charge on any atom is -0.494 e. The smallest absolute Gasteiger partial charge is 0.224 e. The second-order valence-corrected chi connectivity index (χ2v) is 5.86. The molecule has 0 radical (unpaired) electrons. The minimum atomic E-state index is 0.0127. The zero-order chi connectivity index (χ0) is 15.7. The Labute approximate surface area is 128 Å². The van der Waals surface area contributed by atoms with E-state index in [0.717, 1.165) is 24.3 Å². The maximum Gasteiger partial charge on any atom is 0.224 e. The maximum absolute atomic E-state index is 12.1. The Morgan fingerprint density at radius 3 is 2.76 bits per heavy atom. The number of amides is 1. The molecule has 0 unspecified atom stereocenters. The van der Waals surface area contributed by atoms with Crippen LogP contribution < -0.4 is 15.8 Å². The summed E-state index contributed by atoms with van der Waals surface area (Å²) < 4.78 is 5.56. The van der Waals surface area contributed by atoms with Crippen LogP contribution in [-0.2, 0) is 4.79 Å². The third-order valence-electron chi connectivity index (χ3n) is 3.20. The molecule has 1 amide bonds. The Kier molecular flexibility index (Phi) is 7.83. The molecule has 0 spiro atoms. The number of benzene rings is 1. The molecule has 118 valence electrons. The number of nitrogens with one attached hydrogen (secondary N) is 1. The quantitative estimate of drug-likeness (QED) is 0.733. The van der Waals surface area contributed by atoms with Crippen molar-refractivity contribution in [2.24, 2.45) is 17.6 Å².